The van der Waals surface area contributed by atoms with Crippen LogP contribution in [0.3, 0.4) is 0 Å². The lowest BCUT2D eigenvalue weighted by Gasteiger charge is -2.39. The highest BCUT2D eigenvalue weighted by Crippen LogP contribution is 2.35. The number of fused-ring (bicyclic) bond motifs is 1. The van der Waals surface area contributed by atoms with Crippen molar-refractivity contribution >= 4 is 11.8 Å². The van der Waals surface area contributed by atoms with Gasteiger partial charge in [-0.15, -0.1) is 0 Å². The zero-order valence-corrected chi connectivity index (χ0v) is 13.8. The number of amides is 2. The molecule has 2 aliphatic rings. The van der Waals surface area contributed by atoms with Gasteiger partial charge in [-0.1, -0.05) is 0 Å². The Morgan fingerprint density at radius 3 is 2.65 bits per heavy atom. The van der Waals surface area contributed by atoms with Gasteiger partial charge >= 0.3 is 0 Å². The molecule has 23 heavy (non-hydrogen) atoms. The molecule has 1 N–H and O–H groups in total. The molecule has 0 aromatic carbocycles. The maximum atomic E-state index is 13.0. The van der Waals surface area contributed by atoms with Crippen molar-refractivity contribution in [3.63, 3.8) is 0 Å². The second kappa shape index (κ2) is 5.94. The lowest BCUT2D eigenvalue weighted by Crippen LogP contribution is -2.47. The van der Waals surface area contributed by atoms with E-state index in [4.69, 9.17) is 0 Å². The summed E-state index contributed by atoms with van der Waals surface area (Å²) in [5.41, 5.74) is 0.377. The lowest BCUT2D eigenvalue weighted by atomic mass is 9.82. The van der Waals surface area contributed by atoms with Crippen LogP contribution in [0.4, 0.5) is 4.39 Å². The molecule has 0 unspecified atom stereocenters. The number of alkyl halides is 1. The molecule has 0 radical (unpaired) electrons. The van der Waals surface area contributed by atoms with Crippen molar-refractivity contribution in [1.82, 2.24) is 19.8 Å². The minimum Gasteiger partial charge on any atom is -0.348 e. The SMILES string of the molecule is CC(C)NC(=O)c1cn2c(n1)[C@H](C)N(C(=O)C1CC(F)C1)CC2. The summed E-state index contributed by atoms with van der Waals surface area (Å²) in [6, 6.07) is -0.153. The Morgan fingerprint density at radius 2 is 2.04 bits per heavy atom. The summed E-state index contributed by atoms with van der Waals surface area (Å²) in [6.07, 6.45) is 1.57. The number of carbonyl (C=O) groups excluding carboxylic acids is 2. The molecular weight excluding hydrogens is 299 g/mol. The van der Waals surface area contributed by atoms with E-state index in [0.29, 0.717) is 31.6 Å². The summed E-state index contributed by atoms with van der Waals surface area (Å²) in [4.78, 5) is 30.7. The number of nitrogens with one attached hydrogen (secondary N) is 1. The highest BCUT2D eigenvalue weighted by Gasteiger charge is 2.40. The third-order valence-corrected chi connectivity index (χ3v) is 4.60. The molecule has 1 saturated carbocycles. The van der Waals surface area contributed by atoms with E-state index < -0.39 is 6.17 Å². The van der Waals surface area contributed by atoms with E-state index in [1.165, 1.54) is 0 Å². The second-order valence-electron chi connectivity index (χ2n) is 6.78. The molecule has 0 spiro atoms. The van der Waals surface area contributed by atoms with Gasteiger partial charge in [-0.3, -0.25) is 9.59 Å². The first-order chi connectivity index (χ1) is 10.9. The Bertz CT molecular complexity index is 622. The summed E-state index contributed by atoms with van der Waals surface area (Å²) in [5.74, 6) is 0.326. The second-order valence-corrected chi connectivity index (χ2v) is 6.78. The van der Waals surface area contributed by atoms with Crippen molar-refractivity contribution in [3.8, 4) is 0 Å². The number of carbonyl (C=O) groups is 2. The summed E-state index contributed by atoms with van der Waals surface area (Å²) < 4.78 is 14.9. The molecule has 7 heteroatoms. The van der Waals surface area contributed by atoms with Gasteiger partial charge in [-0.05, 0) is 33.6 Å². The molecule has 0 bridgehead atoms. The van der Waals surface area contributed by atoms with Crippen LogP contribution in [0.5, 0.6) is 0 Å². The van der Waals surface area contributed by atoms with Crippen molar-refractivity contribution in [3.05, 3.63) is 17.7 Å². The van der Waals surface area contributed by atoms with Crippen LogP contribution in [-0.4, -0.2) is 45.0 Å². The van der Waals surface area contributed by atoms with Crippen LogP contribution in [0.15, 0.2) is 6.20 Å². The number of aromatic nitrogens is 2. The smallest absolute Gasteiger partial charge is 0.271 e. The number of nitrogens with zero attached hydrogens (tertiary/aromatic N) is 3. The molecule has 0 saturated heterocycles. The van der Waals surface area contributed by atoms with E-state index in [-0.39, 0.29) is 29.8 Å². The van der Waals surface area contributed by atoms with Gasteiger partial charge in [0.2, 0.25) is 5.91 Å². The number of hydrogen-bond donors (Lipinski definition) is 1. The van der Waals surface area contributed by atoms with Gasteiger partial charge in [0.25, 0.3) is 5.91 Å². The Kier molecular flexibility index (Phi) is 4.12. The Labute approximate surface area is 135 Å². The van der Waals surface area contributed by atoms with Crippen molar-refractivity contribution in [2.75, 3.05) is 6.54 Å². The average molecular weight is 322 g/mol. The maximum Gasteiger partial charge on any atom is 0.271 e. The molecule has 126 valence electrons. The van der Waals surface area contributed by atoms with Crippen molar-refractivity contribution < 1.29 is 14.0 Å². The number of rotatable bonds is 3. The lowest BCUT2D eigenvalue weighted by molar-refractivity contribution is -0.143. The van der Waals surface area contributed by atoms with Gasteiger partial charge in [0.15, 0.2) is 0 Å². The van der Waals surface area contributed by atoms with Gasteiger partial charge in [-0.25, -0.2) is 9.37 Å². The van der Waals surface area contributed by atoms with Crippen LogP contribution >= 0.6 is 0 Å². The van der Waals surface area contributed by atoms with Gasteiger partial charge in [0.05, 0.1) is 6.04 Å². The maximum absolute atomic E-state index is 13.0. The zero-order chi connectivity index (χ0) is 16.7. The van der Waals surface area contributed by atoms with Gasteiger partial charge < -0.3 is 14.8 Å². The first-order valence-electron chi connectivity index (χ1n) is 8.19. The minimum absolute atomic E-state index is 0.00818. The first kappa shape index (κ1) is 16.0. The summed E-state index contributed by atoms with van der Waals surface area (Å²) in [5, 5.41) is 2.82. The molecule has 2 amide bonds. The quantitative estimate of drug-likeness (QED) is 0.920. The van der Waals surface area contributed by atoms with Crippen molar-refractivity contribution in [1.29, 1.82) is 0 Å². The van der Waals surface area contributed by atoms with Crippen molar-refractivity contribution in [2.45, 2.75) is 58.4 Å². The largest absolute Gasteiger partial charge is 0.348 e. The third-order valence-electron chi connectivity index (χ3n) is 4.60. The standard InChI is InChI=1S/C16H23FN4O2/c1-9(2)18-15(22)13-8-20-4-5-21(10(3)14(20)19-13)16(23)11-6-12(17)7-11/h8-12H,4-7H2,1-3H3,(H,18,22)/t10-,11?,12?/m0/s1. The zero-order valence-electron chi connectivity index (χ0n) is 13.8. The fourth-order valence-corrected chi connectivity index (χ4v) is 3.22. The molecule has 1 aromatic rings. The average Bonchev–Trinajstić information content (AvgIpc) is 2.88. The monoisotopic (exact) mass is 322 g/mol. The van der Waals surface area contributed by atoms with Gasteiger partial charge in [0, 0.05) is 31.2 Å². The molecule has 1 atom stereocenters. The van der Waals surface area contributed by atoms with Crippen LogP contribution < -0.4 is 5.32 Å². The predicted molar refractivity (Wildman–Crippen MR) is 82.6 cm³/mol. The van der Waals surface area contributed by atoms with Crippen LogP contribution in [-0.2, 0) is 11.3 Å². The van der Waals surface area contributed by atoms with Gasteiger partial charge in [0.1, 0.15) is 17.7 Å². The topological polar surface area (TPSA) is 67.2 Å². The third kappa shape index (κ3) is 2.96. The first-order valence-corrected chi connectivity index (χ1v) is 8.19. The number of hydrogen-bond acceptors (Lipinski definition) is 3. The van der Waals surface area contributed by atoms with Crippen LogP contribution in [0, 0.1) is 5.92 Å². The summed E-state index contributed by atoms with van der Waals surface area (Å²) in [7, 11) is 0. The van der Waals surface area contributed by atoms with Crippen molar-refractivity contribution in [2.24, 2.45) is 5.92 Å². The van der Waals surface area contributed by atoms with E-state index >= 15 is 0 Å². The summed E-state index contributed by atoms with van der Waals surface area (Å²) >= 11 is 0. The van der Waals surface area contributed by atoms with Crippen LogP contribution in [0.25, 0.3) is 0 Å². The summed E-state index contributed by atoms with van der Waals surface area (Å²) in [6.45, 7) is 6.88. The minimum atomic E-state index is -0.836. The fourth-order valence-electron chi connectivity index (χ4n) is 3.22. The molecule has 3 rings (SSSR count). The molecule has 1 aromatic heterocycles. The van der Waals surface area contributed by atoms with Crippen LogP contribution in [0.2, 0.25) is 0 Å². The Morgan fingerprint density at radius 1 is 1.35 bits per heavy atom. The van der Waals surface area contributed by atoms with E-state index in [1.807, 2.05) is 25.3 Å². The fraction of sp³-hybridized carbons (Fsp3) is 0.688. The highest BCUT2D eigenvalue weighted by molar-refractivity contribution is 5.92. The number of imidazole rings is 1. The molecule has 1 aliphatic heterocycles. The predicted octanol–water partition coefficient (Wildman–Crippen LogP) is 1.67. The Hall–Kier alpha value is -1.92. The number of halogens is 1. The molecule has 1 fully saturated rings. The van der Waals surface area contributed by atoms with Gasteiger partial charge in [-0.2, -0.15) is 0 Å². The van der Waals surface area contributed by atoms with E-state index in [9.17, 15) is 14.0 Å². The molecule has 1 aliphatic carbocycles. The molecule has 6 nitrogen and oxygen atoms in total. The van der Waals surface area contributed by atoms with Crippen LogP contribution in [0.1, 0.15) is 56.0 Å². The highest BCUT2D eigenvalue weighted by atomic mass is 19.1. The Balaban J connectivity index is 1.74. The van der Waals surface area contributed by atoms with E-state index in [0.717, 1.165) is 5.82 Å². The molecule has 2 heterocycles. The van der Waals surface area contributed by atoms with E-state index in [1.54, 1.807) is 11.1 Å². The molecular formula is C16H23FN4O2. The van der Waals surface area contributed by atoms with E-state index in [2.05, 4.69) is 10.3 Å². The normalized spacial score (nSPS) is 26.7.